The first-order valence-electron chi connectivity index (χ1n) is 8.24. The van der Waals surface area contributed by atoms with Crippen LogP contribution < -0.4 is 10.1 Å². The van der Waals surface area contributed by atoms with Crippen LogP contribution in [0.3, 0.4) is 0 Å². The zero-order valence-electron chi connectivity index (χ0n) is 15.0. The molecule has 2 aromatic rings. The number of aryl methyl sites for hydroxylation is 3. The summed E-state index contributed by atoms with van der Waals surface area (Å²) in [7, 11) is 0. The summed E-state index contributed by atoms with van der Waals surface area (Å²) in [5, 5.41) is 3.68. The van der Waals surface area contributed by atoms with Gasteiger partial charge in [0.1, 0.15) is 5.75 Å². The Hall–Kier alpha value is -1.52. The average Bonchev–Trinajstić information content (AvgIpc) is 2.53. The highest BCUT2D eigenvalue weighted by Gasteiger charge is 2.11. The van der Waals surface area contributed by atoms with Gasteiger partial charge in [0, 0.05) is 17.1 Å². The Morgan fingerprint density at radius 3 is 2.40 bits per heavy atom. The fourth-order valence-corrected chi connectivity index (χ4v) is 3.38. The standard InChI is InChI=1S/C20H23BrClNO2/c1-12-8-13(2)10-16(9-12)23-18(24)6-5-7-25-17-11-14(3)20(22)15(4)19(17)21/h8-11H,5-7H2,1-4H3,(H,23,24). The Balaban J connectivity index is 1.84. The zero-order chi connectivity index (χ0) is 18.6. The van der Waals surface area contributed by atoms with Gasteiger partial charge in [0.25, 0.3) is 0 Å². The van der Waals surface area contributed by atoms with Crippen LogP contribution in [0.5, 0.6) is 5.75 Å². The van der Waals surface area contributed by atoms with Crippen molar-refractivity contribution in [2.24, 2.45) is 0 Å². The zero-order valence-corrected chi connectivity index (χ0v) is 17.3. The molecular weight excluding hydrogens is 402 g/mol. The molecule has 2 aromatic carbocycles. The van der Waals surface area contributed by atoms with Gasteiger partial charge in [0.2, 0.25) is 5.91 Å². The second-order valence-corrected chi connectivity index (χ2v) is 7.49. The second kappa shape index (κ2) is 8.72. The molecule has 0 fully saturated rings. The Bertz CT molecular complexity index is 770. The van der Waals surface area contributed by atoms with E-state index in [0.717, 1.165) is 43.2 Å². The quantitative estimate of drug-likeness (QED) is 0.566. The maximum Gasteiger partial charge on any atom is 0.224 e. The summed E-state index contributed by atoms with van der Waals surface area (Å²) in [5.41, 5.74) is 5.05. The minimum absolute atomic E-state index is 0.00358. The molecule has 25 heavy (non-hydrogen) atoms. The average molecular weight is 425 g/mol. The molecule has 2 rings (SSSR count). The molecule has 0 aliphatic rings. The van der Waals surface area contributed by atoms with Crippen LogP contribution >= 0.6 is 27.5 Å². The maximum absolute atomic E-state index is 12.1. The molecule has 0 bridgehead atoms. The number of anilines is 1. The van der Waals surface area contributed by atoms with Crippen molar-refractivity contribution >= 4 is 39.1 Å². The predicted octanol–water partition coefficient (Wildman–Crippen LogP) is 6.13. The number of rotatable bonds is 6. The van der Waals surface area contributed by atoms with Crippen LogP contribution in [-0.4, -0.2) is 12.5 Å². The smallest absolute Gasteiger partial charge is 0.224 e. The molecule has 0 spiro atoms. The van der Waals surface area contributed by atoms with Crippen molar-refractivity contribution in [3.05, 3.63) is 56.0 Å². The normalized spacial score (nSPS) is 10.6. The van der Waals surface area contributed by atoms with E-state index in [1.54, 1.807) is 0 Å². The summed E-state index contributed by atoms with van der Waals surface area (Å²) < 4.78 is 6.67. The lowest BCUT2D eigenvalue weighted by atomic mass is 10.1. The Morgan fingerprint density at radius 1 is 1.12 bits per heavy atom. The number of ether oxygens (including phenoxy) is 1. The van der Waals surface area contributed by atoms with Crippen LogP contribution in [0.1, 0.15) is 35.1 Å². The van der Waals surface area contributed by atoms with Crippen molar-refractivity contribution in [3.8, 4) is 5.75 Å². The molecule has 0 aromatic heterocycles. The maximum atomic E-state index is 12.1. The number of benzene rings is 2. The van der Waals surface area contributed by atoms with Crippen molar-refractivity contribution in [1.29, 1.82) is 0 Å². The summed E-state index contributed by atoms with van der Waals surface area (Å²) in [5.74, 6) is 0.755. The van der Waals surface area contributed by atoms with Gasteiger partial charge in [0.05, 0.1) is 11.1 Å². The van der Waals surface area contributed by atoms with Crippen LogP contribution in [0.25, 0.3) is 0 Å². The minimum atomic E-state index is -0.00358. The van der Waals surface area contributed by atoms with E-state index in [-0.39, 0.29) is 5.91 Å². The highest BCUT2D eigenvalue weighted by molar-refractivity contribution is 9.10. The first-order valence-corrected chi connectivity index (χ1v) is 9.41. The van der Waals surface area contributed by atoms with E-state index in [2.05, 4.69) is 27.3 Å². The van der Waals surface area contributed by atoms with Gasteiger partial charge in [-0.2, -0.15) is 0 Å². The summed E-state index contributed by atoms with van der Waals surface area (Å²) in [4.78, 5) is 12.1. The van der Waals surface area contributed by atoms with Gasteiger partial charge in [-0.05, 0) is 90.5 Å². The number of hydrogen-bond acceptors (Lipinski definition) is 2. The molecule has 0 heterocycles. The Morgan fingerprint density at radius 2 is 1.76 bits per heavy atom. The van der Waals surface area contributed by atoms with E-state index in [4.69, 9.17) is 16.3 Å². The monoisotopic (exact) mass is 423 g/mol. The number of carbonyl (C=O) groups excluding carboxylic acids is 1. The van der Waals surface area contributed by atoms with Crippen LogP contribution in [-0.2, 0) is 4.79 Å². The molecule has 0 saturated heterocycles. The molecule has 0 aliphatic carbocycles. The molecule has 0 saturated carbocycles. The van der Waals surface area contributed by atoms with E-state index < -0.39 is 0 Å². The van der Waals surface area contributed by atoms with E-state index >= 15 is 0 Å². The van der Waals surface area contributed by atoms with E-state index in [0.29, 0.717) is 19.4 Å². The third-order valence-electron chi connectivity index (χ3n) is 3.88. The van der Waals surface area contributed by atoms with Crippen molar-refractivity contribution in [2.45, 2.75) is 40.5 Å². The fraction of sp³-hybridized carbons (Fsp3) is 0.350. The molecule has 0 unspecified atom stereocenters. The van der Waals surface area contributed by atoms with Crippen molar-refractivity contribution in [2.75, 3.05) is 11.9 Å². The molecule has 3 nitrogen and oxygen atoms in total. The molecule has 0 atom stereocenters. The third-order valence-corrected chi connectivity index (χ3v) is 5.45. The van der Waals surface area contributed by atoms with Crippen LogP contribution in [0.4, 0.5) is 5.69 Å². The summed E-state index contributed by atoms with van der Waals surface area (Å²) in [6.07, 6.45) is 1.06. The second-order valence-electron chi connectivity index (χ2n) is 6.32. The first-order chi connectivity index (χ1) is 11.8. The van der Waals surface area contributed by atoms with Gasteiger partial charge in [-0.25, -0.2) is 0 Å². The van der Waals surface area contributed by atoms with Crippen molar-refractivity contribution < 1.29 is 9.53 Å². The number of hydrogen-bond donors (Lipinski definition) is 1. The highest BCUT2D eigenvalue weighted by Crippen LogP contribution is 2.35. The van der Waals surface area contributed by atoms with E-state index in [1.165, 1.54) is 0 Å². The first kappa shape index (κ1) is 19.8. The number of carbonyl (C=O) groups is 1. The lowest BCUT2D eigenvalue weighted by Crippen LogP contribution is -2.13. The summed E-state index contributed by atoms with van der Waals surface area (Å²) >= 11 is 9.73. The molecule has 5 heteroatoms. The van der Waals surface area contributed by atoms with Crippen LogP contribution in [0.2, 0.25) is 5.02 Å². The number of amides is 1. The Labute approximate surface area is 162 Å². The lowest BCUT2D eigenvalue weighted by Gasteiger charge is -2.13. The topological polar surface area (TPSA) is 38.3 Å². The minimum Gasteiger partial charge on any atom is -0.492 e. The SMILES string of the molecule is Cc1cc(C)cc(NC(=O)CCCOc2cc(C)c(Cl)c(C)c2Br)c1. The molecule has 1 N–H and O–H groups in total. The summed E-state index contributed by atoms with van der Waals surface area (Å²) in [6.45, 7) is 8.41. The van der Waals surface area contributed by atoms with Gasteiger partial charge >= 0.3 is 0 Å². The van der Waals surface area contributed by atoms with Crippen molar-refractivity contribution in [1.82, 2.24) is 0 Å². The third kappa shape index (κ3) is 5.48. The van der Waals surface area contributed by atoms with Crippen LogP contribution in [0, 0.1) is 27.7 Å². The van der Waals surface area contributed by atoms with Crippen molar-refractivity contribution in [3.63, 3.8) is 0 Å². The molecular formula is C20H23BrClNO2. The van der Waals surface area contributed by atoms with Gasteiger partial charge in [-0.1, -0.05) is 17.7 Å². The van der Waals surface area contributed by atoms with Gasteiger partial charge in [0.15, 0.2) is 0 Å². The van der Waals surface area contributed by atoms with Gasteiger partial charge < -0.3 is 10.1 Å². The number of nitrogens with one attached hydrogen (secondary N) is 1. The predicted molar refractivity (Wildman–Crippen MR) is 108 cm³/mol. The van der Waals surface area contributed by atoms with Crippen LogP contribution in [0.15, 0.2) is 28.7 Å². The van der Waals surface area contributed by atoms with E-state index in [9.17, 15) is 4.79 Å². The summed E-state index contributed by atoms with van der Waals surface area (Å²) in [6, 6.07) is 7.93. The molecule has 1 amide bonds. The van der Waals surface area contributed by atoms with Gasteiger partial charge in [-0.3, -0.25) is 4.79 Å². The number of halogens is 2. The molecule has 0 aliphatic heterocycles. The Kier molecular flexibility index (Phi) is 6.91. The molecule has 0 radical (unpaired) electrons. The lowest BCUT2D eigenvalue weighted by molar-refractivity contribution is -0.116. The molecule has 134 valence electrons. The fourth-order valence-electron chi connectivity index (χ4n) is 2.69. The highest BCUT2D eigenvalue weighted by atomic mass is 79.9. The van der Waals surface area contributed by atoms with E-state index in [1.807, 2.05) is 45.9 Å². The largest absolute Gasteiger partial charge is 0.492 e. The van der Waals surface area contributed by atoms with Gasteiger partial charge in [-0.15, -0.1) is 0 Å².